The molecule has 0 N–H and O–H groups in total. The van der Waals surface area contributed by atoms with Crippen molar-refractivity contribution < 1.29 is 47.7 Å². The fraction of sp³-hybridized carbons (Fsp3) is 0.125. The molecule has 2 aliphatic heterocycles. The van der Waals surface area contributed by atoms with E-state index in [9.17, 15) is 0 Å². The average molecular weight is 1470 g/mol. The molecule has 2 aliphatic rings. The number of aryl methyl sites for hydroxylation is 4. The Hall–Kier alpha value is -14.1. The van der Waals surface area contributed by atoms with E-state index in [-0.39, 0.29) is 79.6 Å². The zero-order valence-corrected chi connectivity index (χ0v) is 61.9. The van der Waals surface area contributed by atoms with Gasteiger partial charge in [0.2, 0.25) is 0 Å². The predicted molar refractivity (Wildman–Crippen MR) is 436 cm³/mol. The summed E-state index contributed by atoms with van der Waals surface area (Å²) in [4.78, 5) is 115. The molecule has 4 heterocycles. The summed E-state index contributed by atoms with van der Waals surface area (Å²) in [5.74, 6) is -2.56. The van der Waals surface area contributed by atoms with Gasteiger partial charge in [-0.1, -0.05) is 149 Å². The van der Waals surface area contributed by atoms with E-state index in [0.717, 1.165) is 32.1 Å². The van der Waals surface area contributed by atoms with Crippen molar-refractivity contribution in [2.24, 2.45) is 0 Å². The molecule has 15 aromatic rings. The highest BCUT2D eigenvalue weighted by molar-refractivity contribution is 6.45. The van der Waals surface area contributed by atoms with E-state index >= 15 is 28.8 Å². The smallest absolute Gasteiger partial charge is 0.262 e. The van der Waals surface area contributed by atoms with E-state index in [2.05, 4.69) is 37.7 Å². The van der Waals surface area contributed by atoms with Gasteiger partial charge in [0, 0.05) is 103 Å². The number of hydrogen-bond donors (Lipinski definition) is 0. The summed E-state index contributed by atoms with van der Waals surface area (Å²) in [6.07, 6.45) is 9.02. The molecule has 13 aromatic carbocycles. The summed E-state index contributed by atoms with van der Waals surface area (Å²) >= 11 is 0. The Bertz CT molecular complexity index is 5440. The van der Waals surface area contributed by atoms with Crippen molar-refractivity contribution in [1.82, 2.24) is 19.8 Å². The molecule has 0 aliphatic carbocycles. The van der Waals surface area contributed by atoms with Gasteiger partial charge >= 0.3 is 0 Å². The van der Waals surface area contributed by atoms with Crippen LogP contribution in [-0.4, -0.2) is 67.3 Å². The van der Waals surface area contributed by atoms with E-state index in [1.165, 1.54) is 9.80 Å². The second-order valence-electron chi connectivity index (χ2n) is 27.9. The number of ether oxygens (including phenoxy) is 4. The monoisotopic (exact) mass is 1470 g/mol. The molecule has 112 heavy (non-hydrogen) atoms. The van der Waals surface area contributed by atoms with Crippen LogP contribution in [0.15, 0.2) is 292 Å². The largest absolute Gasteiger partial charge is 0.457 e. The Morgan fingerprint density at radius 1 is 0.295 bits per heavy atom. The van der Waals surface area contributed by atoms with Crippen LogP contribution in [0.1, 0.15) is 103 Å². The first kappa shape index (κ1) is 70.8. The molecule has 0 bridgehead atoms. The maximum Gasteiger partial charge on any atom is 0.262 e. The predicted octanol–water partition coefficient (Wildman–Crippen LogP) is 21.1. The van der Waals surface area contributed by atoms with E-state index in [1.54, 1.807) is 122 Å². The quantitative estimate of drug-likeness (QED) is 0.0318. The molecule has 2 aromatic heterocycles. The lowest BCUT2D eigenvalue weighted by molar-refractivity contribution is -0.122. The van der Waals surface area contributed by atoms with Crippen LogP contribution in [0.2, 0.25) is 0 Å². The number of benzene rings is 13. The number of carbonyl (C=O) groups is 6. The summed E-state index contributed by atoms with van der Waals surface area (Å²) < 4.78 is 29.6. The Morgan fingerprint density at radius 2 is 0.527 bits per heavy atom. The van der Waals surface area contributed by atoms with Gasteiger partial charge in [-0.05, 0) is 205 Å². The van der Waals surface area contributed by atoms with Crippen LogP contribution in [0.3, 0.4) is 0 Å². The molecule has 0 saturated heterocycles. The standard InChI is InChI=1S/C96H74N6O10/c1-5-59-29-37-69(38-30-59)109-79-55-73-83-74(92(104)101(91(73)103)77(53-63-45-49-97-50-46-63)95(107)99(65-21-13-9-14-22-65)66-23-15-10-16-24-66)57-81(111-71-41-33-61(7-3)34-42-71)87-88-82(112-72-43-35-62(8-4)36-44-72)58-76-84-75(56-80(86(90(84)88)85(79)89(83)87)110-70-39-31-60(6-2)32-40-70)93(105)102(94(76)106)78(54-64-47-51-98-52-48-64)96(108)100(67-25-17-11-18-26-67)68-27-19-12-20-28-68/h9-52,55-58,77-78H,5-8,53-54H2,1-4H3. The first-order chi connectivity index (χ1) is 54.9. The van der Waals surface area contributed by atoms with Crippen molar-refractivity contribution >= 4 is 101 Å². The van der Waals surface area contributed by atoms with Crippen LogP contribution in [-0.2, 0) is 48.1 Å². The third-order valence-corrected chi connectivity index (χ3v) is 21.2. The lowest BCUT2D eigenvalue weighted by Crippen LogP contribution is -2.55. The second kappa shape index (κ2) is 30.1. The Labute approximate surface area is 646 Å². The average Bonchev–Trinajstić information content (AvgIpc) is 0.670. The SMILES string of the molecule is CCc1ccc(Oc2cc3c4c(cc(Oc5ccc(CC)cc5)c5c6c(Oc7ccc(CC)cc7)cc7c8c(cc(Oc9ccc(CC)cc9)c(c2c45)c86)C(=O)N(C(Cc2ccncc2)C(=O)N(c2ccccc2)c2ccccc2)C7=O)C(=O)N(C(Cc2ccncc2)C(=O)N(c2ccccc2)c2ccccc2)C3=O)cc1. The zero-order valence-electron chi connectivity index (χ0n) is 61.9. The fourth-order valence-electron chi connectivity index (χ4n) is 15.6. The van der Waals surface area contributed by atoms with Gasteiger partial charge in [-0.25, -0.2) is 0 Å². The molecule has 0 saturated carbocycles. The van der Waals surface area contributed by atoms with Crippen molar-refractivity contribution in [3.05, 3.63) is 347 Å². The first-order valence-corrected chi connectivity index (χ1v) is 37.7. The van der Waals surface area contributed by atoms with Gasteiger partial charge in [-0.15, -0.1) is 0 Å². The molecule has 0 radical (unpaired) electrons. The van der Waals surface area contributed by atoms with Crippen LogP contribution >= 0.6 is 0 Å². The van der Waals surface area contributed by atoms with E-state index in [4.69, 9.17) is 18.9 Å². The number of pyridine rings is 2. The number of fused-ring (bicyclic) bond motifs is 2. The molecular weight excluding hydrogens is 1400 g/mol. The number of amides is 6. The highest BCUT2D eigenvalue weighted by Crippen LogP contribution is 2.58. The third kappa shape index (κ3) is 13.0. The summed E-state index contributed by atoms with van der Waals surface area (Å²) in [5.41, 5.74) is 7.31. The van der Waals surface area contributed by atoms with Crippen molar-refractivity contribution in [3.63, 3.8) is 0 Å². The summed E-state index contributed by atoms with van der Waals surface area (Å²) in [6.45, 7) is 8.21. The molecule has 16 nitrogen and oxygen atoms in total. The molecule has 2 atom stereocenters. The van der Waals surface area contributed by atoms with Gasteiger partial charge in [-0.2, -0.15) is 0 Å². The van der Waals surface area contributed by atoms with Gasteiger partial charge in [0.25, 0.3) is 35.4 Å². The van der Waals surface area contributed by atoms with E-state index in [0.29, 0.717) is 104 Å². The summed E-state index contributed by atoms with van der Waals surface area (Å²) in [7, 11) is 0. The van der Waals surface area contributed by atoms with Crippen LogP contribution in [0.5, 0.6) is 46.0 Å². The number of anilines is 4. The number of aromatic nitrogens is 2. The van der Waals surface area contributed by atoms with E-state index in [1.807, 2.05) is 170 Å². The van der Waals surface area contributed by atoms with Crippen molar-refractivity contribution in [2.45, 2.75) is 78.3 Å². The minimum Gasteiger partial charge on any atom is -0.457 e. The zero-order chi connectivity index (χ0) is 76.7. The van der Waals surface area contributed by atoms with Gasteiger partial charge in [0.05, 0.1) is 22.3 Å². The number of para-hydroxylation sites is 4. The van der Waals surface area contributed by atoms with Crippen LogP contribution < -0.4 is 28.7 Å². The van der Waals surface area contributed by atoms with Crippen LogP contribution in [0, 0.1) is 0 Å². The Morgan fingerprint density at radius 3 is 0.750 bits per heavy atom. The van der Waals surface area contributed by atoms with Crippen molar-refractivity contribution in [1.29, 1.82) is 0 Å². The molecule has 17 rings (SSSR count). The lowest BCUT2D eigenvalue weighted by Gasteiger charge is -2.38. The molecular formula is C96H74N6O10. The molecule has 548 valence electrons. The van der Waals surface area contributed by atoms with Crippen molar-refractivity contribution in [2.75, 3.05) is 9.80 Å². The van der Waals surface area contributed by atoms with Gasteiger partial charge in [-0.3, -0.25) is 58.3 Å². The Kier molecular flexibility index (Phi) is 19.1. The number of carbonyl (C=O) groups excluding carboxylic acids is 6. The lowest BCUT2D eigenvalue weighted by atomic mass is 9.80. The Balaban J connectivity index is 1.00. The van der Waals surface area contributed by atoms with Gasteiger partial charge in [0.15, 0.2) is 0 Å². The maximum absolute atomic E-state index is 17.0. The van der Waals surface area contributed by atoms with Crippen LogP contribution in [0.25, 0.3) is 43.1 Å². The fourth-order valence-corrected chi connectivity index (χ4v) is 15.6. The number of imide groups is 2. The highest BCUT2D eigenvalue weighted by Gasteiger charge is 2.48. The van der Waals surface area contributed by atoms with Crippen LogP contribution in [0.4, 0.5) is 22.7 Å². The maximum atomic E-state index is 17.0. The summed E-state index contributed by atoms with van der Waals surface area (Å²) in [5, 5.41) is 2.13. The number of hydrogen-bond acceptors (Lipinski definition) is 12. The van der Waals surface area contributed by atoms with E-state index < -0.39 is 47.5 Å². The third-order valence-electron chi connectivity index (χ3n) is 21.2. The molecule has 0 spiro atoms. The number of nitrogens with zero attached hydrogens (tertiary/aromatic N) is 6. The molecule has 6 amide bonds. The molecule has 2 unspecified atom stereocenters. The first-order valence-electron chi connectivity index (χ1n) is 37.7. The normalized spacial score (nSPS) is 13.1. The second-order valence-corrected chi connectivity index (χ2v) is 27.9. The molecule has 0 fully saturated rings. The minimum absolute atomic E-state index is 0.00220. The topological polar surface area (TPSA) is 178 Å². The van der Waals surface area contributed by atoms with Gasteiger partial charge < -0.3 is 18.9 Å². The highest BCUT2D eigenvalue weighted by atomic mass is 16.5. The van der Waals surface area contributed by atoms with Crippen molar-refractivity contribution in [3.8, 4) is 46.0 Å². The minimum atomic E-state index is -1.51. The van der Waals surface area contributed by atoms with Gasteiger partial charge in [0.1, 0.15) is 58.1 Å². The molecule has 16 heteroatoms. The summed E-state index contributed by atoms with van der Waals surface area (Å²) in [6, 6.07) is 77.3. The number of rotatable bonds is 24.